The van der Waals surface area contributed by atoms with Crippen LogP contribution >= 0.6 is 0 Å². The summed E-state index contributed by atoms with van der Waals surface area (Å²) < 4.78 is 5.50. The van der Waals surface area contributed by atoms with Gasteiger partial charge in [0.05, 0.1) is 22.3 Å². The van der Waals surface area contributed by atoms with Crippen LogP contribution in [0.25, 0.3) is 0 Å². The molecule has 0 aliphatic rings. The Bertz CT molecular complexity index is 1220. The second-order valence-electron chi connectivity index (χ2n) is 6.22. The lowest BCUT2D eigenvalue weighted by Crippen LogP contribution is -2.09. The van der Waals surface area contributed by atoms with Gasteiger partial charge in [0.25, 0.3) is 0 Å². The number of terminal acetylenes is 1. The van der Waals surface area contributed by atoms with E-state index in [-0.39, 0.29) is 28.2 Å². The first-order valence-corrected chi connectivity index (χ1v) is 9.05. The first-order valence-electron chi connectivity index (χ1n) is 9.05. The maximum absolute atomic E-state index is 11.3. The molecule has 0 radical (unpaired) electrons. The first kappa shape index (κ1) is 24.2. The molecular formula is C24H16O9. The van der Waals surface area contributed by atoms with Gasteiger partial charge >= 0.3 is 23.9 Å². The third-order valence-corrected chi connectivity index (χ3v) is 4.11. The highest BCUT2D eigenvalue weighted by Gasteiger charge is 2.21. The predicted molar refractivity (Wildman–Crippen MR) is 115 cm³/mol. The molecule has 0 aliphatic carbocycles. The molecule has 4 N–H and O–H groups in total. The number of ether oxygens (including phenoxy) is 1. The van der Waals surface area contributed by atoms with E-state index in [0.717, 1.165) is 0 Å². The van der Waals surface area contributed by atoms with E-state index < -0.39 is 29.4 Å². The minimum Gasteiger partial charge on any atom is -0.478 e. The molecule has 3 aromatic rings. The van der Waals surface area contributed by atoms with E-state index in [4.69, 9.17) is 26.5 Å². The van der Waals surface area contributed by atoms with Crippen molar-refractivity contribution in [3.05, 3.63) is 94.5 Å². The summed E-state index contributed by atoms with van der Waals surface area (Å²) in [5.74, 6) is -2.24. The molecule has 3 aromatic carbocycles. The van der Waals surface area contributed by atoms with Crippen LogP contribution in [0.4, 0.5) is 0 Å². The molecule has 0 aromatic heterocycles. The Hall–Kier alpha value is -5.10. The van der Waals surface area contributed by atoms with Crippen molar-refractivity contribution in [3.63, 3.8) is 0 Å². The van der Waals surface area contributed by atoms with E-state index in [1.807, 2.05) is 0 Å². The minimum atomic E-state index is -1.39. The minimum absolute atomic E-state index is 0.0786. The van der Waals surface area contributed by atoms with Gasteiger partial charge in [0, 0.05) is 0 Å². The Kier molecular flexibility index (Phi) is 7.90. The average Bonchev–Trinajstić information content (AvgIpc) is 2.79. The lowest BCUT2D eigenvalue weighted by molar-refractivity contribution is 0.0649. The molecule has 33 heavy (non-hydrogen) atoms. The van der Waals surface area contributed by atoms with Gasteiger partial charge in [0.1, 0.15) is 17.1 Å². The van der Waals surface area contributed by atoms with Crippen LogP contribution in [0.5, 0.6) is 11.5 Å². The van der Waals surface area contributed by atoms with Gasteiger partial charge < -0.3 is 25.2 Å². The molecular weight excluding hydrogens is 432 g/mol. The number of carboxylic acid groups (broad SMARTS) is 4. The van der Waals surface area contributed by atoms with Gasteiger partial charge in [-0.15, -0.1) is 6.42 Å². The average molecular weight is 448 g/mol. The molecule has 0 saturated heterocycles. The fraction of sp³-hybridized carbons (Fsp3) is 0. The Morgan fingerprint density at radius 3 is 1.61 bits per heavy atom. The highest BCUT2D eigenvalue weighted by atomic mass is 16.5. The van der Waals surface area contributed by atoms with Crippen molar-refractivity contribution >= 4 is 23.9 Å². The van der Waals surface area contributed by atoms with Gasteiger partial charge in [-0.2, -0.15) is 0 Å². The standard InChI is InChI=1S/C16H10O5.C8H6O4/c1-2-10-6-3-4-8-12(10)21-13-9-5-7-11(15(17)18)14(13)16(19)20;9-7(10)5-1-2-6(4-3-5)8(11)12/h1,3-9H,(H,17,18)(H,19,20);1-4H,(H,9,10)(H,11,12). The molecule has 166 valence electrons. The lowest BCUT2D eigenvalue weighted by atomic mass is 10.1. The number of hydrogen-bond acceptors (Lipinski definition) is 5. The summed E-state index contributed by atoms with van der Waals surface area (Å²) in [5.41, 5.74) is -0.162. The number of benzene rings is 3. The lowest BCUT2D eigenvalue weighted by Gasteiger charge is -2.11. The largest absolute Gasteiger partial charge is 0.478 e. The maximum atomic E-state index is 11.3. The normalized spacial score (nSPS) is 9.55. The van der Waals surface area contributed by atoms with E-state index in [0.29, 0.717) is 5.56 Å². The molecule has 0 spiro atoms. The molecule has 0 unspecified atom stereocenters. The van der Waals surface area contributed by atoms with Gasteiger partial charge in [-0.1, -0.05) is 24.1 Å². The zero-order valence-corrected chi connectivity index (χ0v) is 16.8. The van der Waals surface area contributed by atoms with Crippen LogP contribution in [0.15, 0.2) is 66.7 Å². The fourth-order valence-electron chi connectivity index (χ4n) is 2.56. The zero-order chi connectivity index (χ0) is 24.5. The third-order valence-electron chi connectivity index (χ3n) is 4.11. The summed E-state index contributed by atoms with van der Waals surface area (Å²) in [6.45, 7) is 0. The number of rotatable bonds is 6. The molecule has 0 bridgehead atoms. The van der Waals surface area contributed by atoms with E-state index >= 15 is 0 Å². The quantitative estimate of drug-likeness (QED) is 0.410. The topological polar surface area (TPSA) is 158 Å². The molecule has 0 atom stereocenters. The van der Waals surface area contributed by atoms with Crippen LogP contribution in [0, 0.1) is 12.3 Å². The van der Waals surface area contributed by atoms with Gasteiger partial charge in [0.2, 0.25) is 0 Å². The Labute approximate surface area is 187 Å². The summed E-state index contributed by atoms with van der Waals surface area (Å²) in [4.78, 5) is 43.1. The second kappa shape index (κ2) is 10.8. The number of hydrogen-bond donors (Lipinski definition) is 4. The molecule has 9 heteroatoms. The van der Waals surface area contributed by atoms with Crippen molar-refractivity contribution in [1.29, 1.82) is 0 Å². The summed E-state index contributed by atoms with van der Waals surface area (Å²) >= 11 is 0. The van der Waals surface area contributed by atoms with Gasteiger partial charge in [-0.25, -0.2) is 19.2 Å². The van der Waals surface area contributed by atoms with Gasteiger partial charge in [-0.05, 0) is 48.5 Å². The van der Waals surface area contributed by atoms with Crippen LogP contribution in [0.2, 0.25) is 0 Å². The Balaban J connectivity index is 0.000000273. The van der Waals surface area contributed by atoms with E-state index in [9.17, 15) is 24.3 Å². The molecule has 0 amide bonds. The second-order valence-corrected chi connectivity index (χ2v) is 6.22. The Morgan fingerprint density at radius 2 is 1.15 bits per heavy atom. The van der Waals surface area contributed by atoms with Gasteiger partial charge in [0.15, 0.2) is 0 Å². The third kappa shape index (κ3) is 6.19. The number of carboxylic acids is 4. The van der Waals surface area contributed by atoms with Crippen molar-refractivity contribution < 1.29 is 44.3 Å². The smallest absolute Gasteiger partial charge is 0.340 e. The summed E-state index contributed by atoms with van der Waals surface area (Å²) in [6, 6.07) is 15.6. The molecule has 0 heterocycles. The summed E-state index contributed by atoms with van der Waals surface area (Å²) in [7, 11) is 0. The Morgan fingerprint density at radius 1 is 0.636 bits per heavy atom. The highest BCUT2D eigenvalue weighted by molar-refractivity contribution is 6.03. The monoisotopic (exact) mass is 448 g/mol. The van der Waals surface area contributed by atoms with Crippen molar-refractivity contribution in [2.75, 3.05) is 0 Å². The predicted octanol–water partition coefficient (Wildman–Crippen LogP) is 3.94. The number of para-hydroxylation sites is 1. The van der Waals surface area contributed by atoms with Crippen LogP contribution < -0.4 is 4.74 Å². The van der Waals surface area contributed by atoms with Crippen molar-refractivity contribution in [3.8, 4) is 23.8 Å². The van der Waals surface area contributed by atoms with Crippen molar-refractivity contribution in [2.45, 2.75) is 0 Å². The van der Waals surface area contributed by atoms with Crippen molar-refractivity contribution in [1.82, 2.24) is 0 Å². The maximum Gasteiger partial charge on any atom is 0.340 e. The molecule has 0 aliphatic heterocycles. The van der Waals surface area contributed by atoms with Crippen LogP contribution in [0.3, 0.4) is 0 Å². The number of aromatic carboxylic acids is 4. The summed E-state index contributed by atoms with van der Waals surface area (Å²) in [6.07, 6.45) is 5.34. The molecule has 0 fully saturated rings. The van der Waals surface area contributed by atoms with E-state index in [2.05, 4.69) is 5.92 Å². The molecule has 0 saturated carbocycles. The highest BCUT2D eigenvalue weighted by Crippen LogP contribution is 2.30. The van der Waals surface area contributed by atoms with Crippen molar-refractivity contribution in [2.24, 2.45) is 0 Å². The SMILES string of the molecule is C#Cc1ccccc1Oc1cccc(C(=O)O)c1C(=O)O.O=C(O)c1ccc(C(=O)O)cc1. The molecule has 3 rings (SSSR count). The fourth-order valence-corrected chi connectivity index (χ4v) is 2.56. The number of carbonyl (C=O) groups is 4. The first-order chi connectivity index (χ1) is 15.6. The van der Waals surface area contributed by atoms with Crippen LogP contribution in [-0.2, 0) is 0 Å². The van der Waals surface area contributed by atoms with E-state index in [1.165, 1.54) is 42.5 Å². The van der Waals surface area contributed by atoms with E-state index in [1.54, 1.807) is 24.3 Å². The van der Waals surface area contributed by atoms with Gasteiger partial charge in [-0.3, -0.25) is 0 Å². The zero-order valence-electron chi connectivity index (χ0n) is 16.8. The van der Waals surface area contributed by atoms with Crippen LogP contribution in [-0.4, -0.2) is 44.3 Å². The summed E-state index contributed by atoms with van der Waals surface area (Å²) in [5, 5.41) is 35.2. The van der Waals surface area contributed by atoms with Crippen LogP contribution in [0.1, 0.15) is 47.0 Å². The molecule has 9 nitrogen and oxygen atoms in total.